The topological polar surface area (TPSA) is 193 Å². The van der Waals surface area contributed by atoms with Gasteiger partial charge in [-0.05, 0) is 111 Å². The molecule has 1 aromatic carbocycles. The van der Waals surface area contributed by atoms with E-state index in [0.29, 0.717) is 45.1 Å². The summed E-state index contributed by atoms with van der Waals surface area (Å²) in [7, 11) is 0. The first-order chi connectivity index (χ1) is 25.6. The molecule has 0 saturated carbocycles. The standard InChI is InChI=1S/C41H66N6O8/c1-27(2)23-30(44-38(52)55-39(3,4)5)20-19-29(24-28-15-11-10-12-16-28)36(50)46-21-13-18-33(46)35(49)45-32(17-14-22-54-37(42)51)34(48)43-31-25-40(6,7)47(53)41(8,9)26-31/h10-12,15-16,19-20,27,29-33,53H,13-14,17-18,21-26H2,1-9H3,(H2,42,51)(H,43,48)(H,44,52)(H,45,49)/b20-19+/t29-,30-,32?,33+/m1/s1. The minimum absolute atomic E-state index is 0.0277. The molecule has 0 aromatic heterocycles. The van der Waals surface area contributed by atoms with Crippen LogP contribution in [0.3, 0.4) is 0 Å². The molecule has 2 saturated heterocycles. The van der Waals surface area contributed by atoms with E-state index in [4.69, 9.17) is 15.2 Å². The van der Waals surface area contributed by atoms with Gasteiger partial charge in [0.25, 0.3) is 0 Å². The van der Waals surface area contributed by atoms with Crippen LogP contribution >= 0.6 is 0 Å². The van der Waals surface area contributed by atoms with Crippen LogP contribution < -0.4 is 21.7 Å². The van der Waals surface area contributed by atoms with Gasteiger partial charge >= 0.3 is 12.2 Å². The van der Waals surface area contributed by atoms with E-state index in [1.807, 2.05) is 70.2 Å². The average Bonchev–Trinajstić information content (AvgIpc) is 3.56. The number of amides is 5. The summed E-state index contributed by atoms with van der Waals surface area (Å²) in [5.74, 6) is -1.47. The Balaban J connectivity index is 1.83. The van der Waals surface area contributed by atoms with Crippen LogP contribution in [0.15, 0.2) is 42.5 Å². The number of benzene rings is 1. The van der Waals surface area contributed by atoms with Crippen LogP contribution in [0.1, 0.15) is 113 Å². The Morgan fingerprint density at radius 1 is 1.00 bits per heavy atom. The number of hydrogen-bond acceptors (Lipinski definition) is 9. The second-order valence-corrected chi connectivity index (χ2v) is 17.7. The van der Waals surface area contributed by atoms with E-state index in [9.17, 15) is 29.2 Å². The maximum atomic E-state index is 14.4. The molecule has 3 rings (SSSR count). The van der Waals surface area contributed by atoms with Gasteiger partial charge in [-0.25, -0.2) is 9.59 Å². The van der Waals surface area contributed by atoms with Crippen LogP contribution in [0.5, 0.6) is 0 Å². The molecular formula is C41H66N6O8. The second kappa shape index (κ2) is 19.6. The third-order valence-electron chi connectivity index (χ3n) is 9.96. The van der Waals surface area contributed by atoms with E-state index < -0.39 is 64.7 Å². The van der Waals surface area contributed by atoms with E-state index in [1.165, 1.54) is 5.06 Å². The van der Waals surface area contributed by atoms with Crippen LogP contribution in [0.2, 0.25) is 0 Å². The van der Waals surface area contributed by atoms with Crippen molar-refractivity contribution in [1.82, 2.24) is 25.9 Å². The fraction of sp³-hybridized carbons (Fsp3) is 0.683. The first-order valence-electron chi connectivity index (χ1n) is 19.6. The number of likely N-dealkylation sites (tertiary alicyclic amines) is 1. The van der Waals surface area contributed by atoms with Gasteiger partial charge in [0.1, 0.15) is 17.7 Å². The third kappa shape index (κ3) is 14.4. The highest BCUT2D eigenvalue weighted by atomic mass is 16.6. The second-order valence-electron chi connectivity index (χ2n) is 17.7. The molecule has 14 nitrogen and oxygen atoms in total. The summed E-state index contributed by atoms with van der Waals surface area (Å²) >= 11 is 0. The van der Waals surface area contributed by atoms with Crippen molar-refractivity contribution >= 4 is 29.9 Å². The number of nitrogens with one attached hydrogen (secondary N) is 3. The summed E-state index contributed by atoms with van der Waals surface area (Å²) in [4.78, 5) is 67.8. The van der Waals surface area contributed by atoms with Crippen molar-refractivity contribution in [2.24, 2.45) is 17.6 Å². The molecule has 2 aliphatic heterocycles. The monoisotopic (exact) mass is 770 g/mol. The molecule has 0 bridgehead atoms. The van der Waals surface area contributed by atoms with Gasteiger partial charge in [0.05, 0.1) is 18.6 Å². The van der Waals surface area contributed by atoms with Crippen molar-refractivity contribution in [3.05, 3.63) is 48.0 Å². The van der Waals surface area contributed by atoms with Crippen LogP contribution in [0, 0.1) is 11.8 Å². The summed E-state index contributed by atoms with van der Waals surface area (Å²) in [6, 6.07) is 7.17. The van der Waals surface area contributed by atoms with E-state index in [-0.39, 0.29) is 37.3 Å². The number of carbonyl (C=O) groups is 5. The molecule has 4 atom stereocenters. The number of rotatable bonds is 16. The molecule has 55 heavy (non-hydrogen) atoms. The molecule has 5 amide bonds. The molecule has 0 aliphatic carbocycles. The van der Waals surface area contributed by atoms with Gasteiger partial charge in [-0.1, -0.05) is 56.3 Å². The zero-order valence-electron chi connectivity index (χ0n) is 34.4. The first-order valence-corrected chi connectivity index (χ1v) is 19.6. The molecule has 2 fully saturated rings. The molecule has 1 aromatic rings. The summed E-state index contributed by atoms with van der Waals surface area (Å²) in [6.45, 7) is 17.5. The lowest BCUT2D eigenvalue weighted by atomic mass is 9.79. The predicted octanol–water partition coefficient (Wildman–Crippen LogP) is 5.22. The van der Waals surface area contributed by atoms with E-state index in [1.54, 1.807) is 25.7 Å². The molecule has 14 heteroatoms. The molecule has 6 N–H and O–H groups in total. The molecule has 2 aliphatic rings. The molecular weight excluding hydrogens is 704 g/mol. The number of piperidine rings is 1. The Kier molecular flexibility index (Phi) is 16.1. The van der Waals surface area contributed by atoms with Crippen LogP contribution in [0.4, 0.5) is 9.59 Å². The molecule has 0 spiro atoms. The van der Waals surface area contributed by atoms with Gasteiger partial charge in [-0.15, -0.1) is 0 Å². The Morgan fingerprint density at radius 2 is 1.64 bits per heavy atom. The largest absolute Gasteiger partial charge is 0.450 e. The molecule has 2 heterocycles. The quantitative estimate of drug-likeness (QED) is 0.111. The van der Waals surface area contributed by atoms with E-state index in [2.05, 4.69) is 29.8 Å². The highest BCUT2D eigenvalue weighted by Gasteiger charge is 2.46. The van der Waals surface area contributed by atoms with Crippen LogP contribution in [-0.2, 0) is 30.3 Å². The normalized spacial score (nSPS) is 20.4. The first kappa shape index (κ1) is 45.2. The maximum absolute atomic E-state index is 14.4. The number of hydrogen-bond donors (Lipinski definition) is 5. The highest BCUT2D eigenvalue weighted by molar-refractivity contribution is 5.93. The number of nitrogens with zero attached hydrogens (tertiary/aromatic N) is 2. The summed E-state index contributed by atoms with van der Waals surface area (Å²) in [5.41, 5.74) is 4.19. The zero-order valence-corrected chi connectivity index (χ0v) is 34.4. The van der Waals surface area contributed by atoms with Crippen molar-refractivity contribution < 1.29 is 38.7 Å². The highest BCUT2D eigenvalue weighted by Crippen LogP contribution is 2.36. The maximum Gasteiger partial charge on any atom is 0.408 e. The van der Waals surface area contributed by atoms with Gasteiger partial charge in [-0.2, -0.15) is 5.06 Å². The predicted molar refractivity (Wildman–Crippen MR) is 210 cm³/mol. The van der Waals surface area contributed by atoms with E-state index in [0.717, 1.165) is 5.56 Å². The van der Waals surface area contributed by atoms with Gasteiger partial charge in [0, 0.05) is 23.7 Å². The van der Waals surface area contributed by atoms with Crippen molar-refractivity contribution in [1.29, 1.82) is 0 Å². The Labute approximate surface area is 327 Å². The smallest absolute Gasteiger partial charge is 0.408 e. The molecule has 0 radical (unpaired) electrons. The lowest BCUT2D eigenvalue weighted by molar-refractivity contribution is -0.246. The minimum atomic E-state index is -0.976. The van der Waals surface area contributed by atoms with Crippen molar-refractivity contribution in [3.8, 4) is 0 Å². The fourth-order valence-electron chi connectivity index (χ4n) is 7.71. The lowest BCUT2D eigenvalue weighted by Crippen LogP contribution is -2.64. The van der Waals surface area contributed by atoms with Gasteiger partial charge in [-0.3, -0.25) is 14.4 Å². The van der Waals surface area contributed by atoms with Crippen LogP contribution in [0.25, 0.3) is 0 Å². The molecule has 308 valence electrons. The van der Waals surface area contributed by atoms with Crippen molar-refractivity contribution in [2.75, 3.05) is 13.2 Å². The van der Waals surface area contributed by atoms with Gasteiger partial charge in [0.2, 0.25) is 17.7 Å². The SMILES string of the molecule is CC(C)C[C@@H](/C=C/[C@H](Cc1ccccc1)C(=O)N1CCC[C@H]1C(=O)NC(CCCOC(N)=O)C(=O)NC1CC(C)(C)N(O)C(C)(C)C1)NC(=O)OC(C)(C)C. The van der Waals surface area contributed by atoms with Gasteiger partial charge in [0.15, 0.2) is 0 Å². The molecule has 1 unspecified atom stereocenters. The Bertz CT molecular complexity index is 1470. The summed E-state index contributed by atoms with van der Waals surface area (Å²) < 4.78 is 10.4. The zero-order chi connectivity index (χ0) is 41.1. The van der Waals surface area contributed by atoms with Crippen LogP contribution in [-0.4, -0.2) is 99.1 Å². The Morgan fingerprint density at radius 3 is 2.22 bits per heavy atom. The summed E-state index contributed by atoms with van der Waals surface area (Å²) in [5, 5.41) is 21.0. The Hall–Kier alpha value is -4.17. The third-order valence-corrected chi connectivity index (χ3v) is 9.96. The fourth-order valence-corrected chi connectivity index (χ4v) is 7.71. The number of ether oxygens (including phenoxy) is 2. The average molecular weight is 771 g/mol. The number of alkyl carbamates (subject to hydrolysis) is 1. The van der Waals surface area contributed by atoms with Crippen molar-refractivity contribution in [2.45, 2.75) is 155 Å². The summed E-state index contributed by atoms with van der Waals surface area (Å²) in [6.07, 6.45) is 5.62. The van der Waals surface area contributed by atoms with E-state index >= 15 is 0 Å². The number of primary amides is 1. The van der Waals surface area contributed by atoms with Crippen molar-refractivity contribution in [3.63, 3.8) is 0 Å². The minimum Gasteiger partial charge on any atom is -0.450 e. The lowest BCUT2D eigenvalue weighted by Gasteiger charge is -2.51. The number of carbonyl (C=O) groups excluding carboxylic acids is 5. The number of hydroxylamine groups is 2. The number of nitrogens with two attached hydrogens (primary N) is 1. The van der Waals surface area contributed by atoms with Gasteiger partial charge < -0.3 is 41.3 Å².